The van der Waals surface area contributed by atoms with Crippen molar-refractivity contribution in [3.63, 3.8) is 0 Å². The molecule has 0 fully saturated rings. The first-order valence-corrected chi connectivity index (χ1v) is 7.96. The smallest absolute Gasteiger partial charge is 0.120 e. The van der Waals surface area contributed by atoms with Gasteiger partial charge in [-0.3, -0.25) is 4.68 Å². The molecule has 0 atom stereocenters. The van der Waals surface area contributed by atoms with Crippen molar-refractivity contribution < 1.29 is 9.84 Å². The van der Waals surface area contributed by atoms with E-state index in [9.17, 15) is 0 Å². The van der Waals surface area contributed by atoms with Crippen LogP contribution in [0, 0.1) is 0 Å². The van der Waals surface area contributed by atoms with Crippen LogP contribution in [-0.2, 0) is 19.7 Å². The van der Waals surface area contributed by atoms with Gasteiger partial charge in [0.1, 0.15) is 12.4 Å². The van der Waals surface area contributed by atoms with Crippen LogP contribution in [0.3, 0.4) is 0 Å². The molecule has 0 amide bonds. The van der Waals surface area contributed by atoms with Crippen molar-refractivity contribution in [3.8, 4) is 5.75 Å². The number of benzene rings is 2. The molecule has 0 spiro atoms. The quantitative estimate of drug-likeness (QED) is 0.669. The Kier molecular flexibility index (Phi) is 5.48. The summed E-state index contributed by atoms with van der Waals surface area (Å²) in [6, 6.07) is 18.2. The summed E-state index contributed by atoms with van der Waals surface area (Å²) in [4.78, 5) is 0. The van der Waals surface area contributed by atoms with Crippen molar-refractivity contribution in [1.29, 1.82) is 0 Å². The molecule has 1 heterocycles. The summed E-state index contributed by atoms with van der Waals surface area (Å²) >= 11 is 0. The number of aromatic nitrogens is 2. The minimum absolute atomic E-state index is 0.0852. The third-order valence-electron chi connectivity index (χ3n) is 3.61. The van der Waals surface area contributed by atoms with E-state index in [0.29, 0.717) is 19.7 Å². The second-order valence-electron chi connectivity index (χ2n) is 5.49. The molecule has 0 saturated heterocycles. The van der Waals surface area contributed by atoms with Crippen molar-refractivity contribution in [1.82, 2.24) is 9.78 Å². The minimum atomic E-state index is 0.0852. The number of aliphatic hydroxyl groups excluding tert-OH is 1. The van der Waals surface area contributed by atoms with Gasteiger partial charge in [-0.25, -0.2) is 0 Å². The Labute approximate surface area is 141 Å². The van der Waals surface area contributed by atoms with Gasteiger partial charge in [0.2, 0.25) is 0 Å². The number of hydrogen-bond donors (Lipinski definition) is 2. The number of ether oxygens (including phenoxy) is 1. The molecule has 0 unspecified atom stereocenters. The molecule has 0 saturated carbocycles. The number of nitrogens with one attached hydrogen (secondary N) is 1. The van der Waals surface area contributed by atoms with Gasteiger partial charge in [0.05, 0.1) is 25.0 Å². The predicted octanol–water partition coefficient (Wildman–Crippen LogP) is 3.07. The third kappa shape index (κ3) is 4.60. The summed E-state index contributed by atoms with van der Waals surface area (Å²) < 4.78 is 7.56. The van der Waals surface area contributed by atoms with E-state index < -0.39 is 0 Å². The van der Waals surface area contributed by atoms with Gasteiger partial charge in [0.15, 0.2) is 0 Å². The fourth-order valence-corrected chi connectivity index (χ4v) is 2.37. The van der Waals surface area contributed by atoms with Crippen molar-refractivity contribution in [2.75, 3.05) is 11.9 Å². The van der Waals surface area contributed by atoms with Crippen LogP contribution in [0.4, 0.5) is 5.69 Å². The molecule has 24 heavy (non-hydrogen) atoms. The largest absolute Gasteiger partial charge is 0.489 e. The van der Waals surface area contributed by atoms with Crippen LogP contribution in [0.2, 0.25) is 0 Å². The second-order valence-corrected chi connectivity index (χ2v) is 5.49. The maximum Gasteiger partial charge on any atom is 0.120 e. The first-order chi connectivity index (χ1) is 11.8. The fraction of sp³-hybridized carbons (Fsp3) is 0.211. The zero-order valence-electron chi connectivity index (χ0n) is 13.4. The number of rotatable bonds is 8. The maximum absolute atomic E-state index is 8.91. The van der Waals surface area contributed by atoms with E-state index in [-0.39, 0.29) is 6.61 Å². The summed E-state index contributed by atoms with van der Waals surface area (Å²) in [7, 11) is 0. The molecule has 0 bridgehead atoms. The molecule has 0 aliphatic heterocycles. The average Bonchev–Trinajstić information content (AvgIpc) is 3.07. The molecule has 0 aliphatic rings. The Morgan fingerprint density at radius 1 is 1.04 bits per heavy atom. The zero-order valence-corrected chi connectivity index (χ0v) is 13.4. The molecule has 2 N–H and O–H groups in total. The van der Waals surface area contributed by atoms with Crippen LogP contribution in [0.1, 0.15) is 11.1 Å². The van der Waals surface area contributed by atoms with Crippen molar-refractivity contribution in [2.45, 2.75) is 19.7 Å². The summed E-state index contributed by atoms with van der Waals surface area (Å²) in [5, 5.41) is 16.4. The molecule has 124 valence electrons. The molecular formula is C19H21N3O2. The molecule has 0 radical (unpaired) electrons. The van der Waals surface area contributed by atoms with Gasteiger partial charge < -0.3 is 15.2 Å². The average molecular weight is 323 g/mol. The van der Waals surface area contributed by atoms with Crippen LogP contribution in [0.25, 0.3) is 0 Å². The Balaban J connectivity index is 1.54. The van der Waals surface area contributed by atoms with E-state index in [4.69, 9.17) is 9.84 Å². The standard InChI is InChI=1S/C19H21N3O2/c23-10-9-22-14-18(13-21-22)20-12-17-7-4-8-19(11-17)24-15-16-5-2-1-3-6-16/h1-8,11,13-14,20,23H,9-10,12,15H2. The maximum atomic E-state index is 8.91. The van der Waals surface area contributed by atoms with E-state index in [1.165, 1.54) is 0 Å². The van der Waals surface area contributed by atoms with Crippen LogP contribution in [0.5, 0.6) is 5.75 Å². The van der Waals surface area contributed by atoms with Gasteiger partial charge in [-0.15, -0.1) is 0 Å². The highest BCUT2D eigenvalue weighted by molar-refractivity contribution is 5.40. The lowest BCUT2D eigenvalue weighted by Gasteiger charge is -2.09. The van der Waals surface area contributed by atoms with Crippen LogP contribution >= 0.6 is 0 Å². The Bertz CT molecular complexity index is 756. The van der Waals surface area contributed by atoms with Gasteiger partial charge in [0.25, 0.3) is 0 Å². The van der Waals surface area contributed by atoms with Gasteiger partial charge in [-0.1, -0.05) is 42.5 Å². The number of anilines is 1. The summed E-state index contributed by atoms with van der Waals surface area (Å²) in [6.07, 6.45) is 3.64. The van der Waals surface area contributed by atoms with Crippen LogP contribution in [0.15, 0.2) is 67.0 Å². The van der Waals surface area contributed by atoms with E-state index in [0.717, 1.165) is 22.6 Å². The first kappa shape index (κ1) is 16.1. The predicted molar refractivity (Wildman–Crippen MR) is 93.9 cm³/mol. The molecule has 5 nitrogen and oxygen atoms in total. The lowest BCUT2D eigenvalue weighted by molar-refractivity contribution is 0.269. The summed E-state index contributed by atoms with van der Waals surface area (Å²) in [5.41, 5.74) is 3.21. The molecule has 3 aromatic rings. The molecular weight excluding hydrogens is 302 g/mol. The number of hydrogen-bond acceptors (Lipinski definition) is 4. The molecule has 5 heteroatoms. The lowest BCUT2D eigenvalue weighted by atomic mass is 10.2. The zero-order chi connectivity index (χ0) is 16.6. The van der Waals surface area contributed by atoms with Crippen LogP contribution in [-0.4, -0.2) is 21.5 Å². The Hall–Kier alpha value is -2.79. The van der Waals surface area contributed by atoms with E-state index in [1.54, 1.807) is 10.9 Å². The third-order valence-corrected chi connectivity index (χ3v) is 3.61. The van der Waals surface area contributed by atoms with Gasteiger partial charge in [-0.05, 0) is 23.3 Å². The number of aliphatic hydroxyl groups is 1. The van der Waals surface area contributed by atoms with E-state index in [1.807, 2.05) is 42.6 Å². The molecule has 0 aliphatic carbocycles. The highest BCUT2D eigenvalue weighted by atomic mass is 16.5. The Morgan fingerprint density at radius 3 is 2.71 bits per heavy atom. The SMILES string of the molecule is OCCn1cc(NCc2cccc(OCc3ccccc3)c2)cn1. The Morgan fingerprint density at radius 2 is 1.88 bits per heavy atom. The summed E-state index contributed by atoms with van der Waals surface area (Å²) in [6.45, 7) is 1.84. The van der Waals surface area contributed by atoms with E-state index in [2.05, 4.69) is 28.6 Å². The number of nitrogens with zero attached hydrogens (tertiary/aromatic N) is 2. The minimum Gasteiger partial charge on any atom is -0.489 e. The highest BCUT2D eigenvalue weighted by Crippen LogP contribution is 2.16. The van der Waals surface area contributed by atoms with Crippen molar-refractivity contribution in [2.24, 2.45) is 0 Å². The van der Waals surface area contributed by atoms with Gasteiger partial charge >= 0.3 is 0 Å². The topological polar surface area (TPSA) is 59.3 Å². The van der Waals surface area contributed by atoms with Crippen LogP contribution < -0.4 is 10.1 Å². The van der Waals surface area contributed by atoms with Gasteiger partial charge in [0, 0.05) is 12.7 Å². The summed E-state index contributed by atoms with van der Waals surface area (Å²) in [5.74, 6) is 0.856. The molecule has 2 aromatic carbocycles. The first-order valence-electron chi connectivity index (χ1n) is 7.96. The monoisotopic (exact) mass is 323 g/mol. The molecule has 3 rings (SSSR count). The lowest BCUT2D eigenvalue weighted by Crippen LogP contribution is -2.02. The van der Waals surface area contributed by atoms with E-state index >= 15 is 0 Å². The fourth-order valence-electron chi connectivity index (χ4n) is 2.37. The van der Waals surface area contributed by atoms with Gasteiger partial charge in [-0.2, -0.15) is 5.10 Å². The second kappa shape index (κ2) is 8.17. The molecule has 1 aromatic heterocycles. The van der Waals surface area contributed by atoms with Crippen molar-refractivity contribution in [3.05, 3.63) is 78.1 Å². The highest BCUT2D eigenvalue weighted by Gasteiger charge is 2.01. The normalized spacial score (nSPS) is 10.5. The van der Waals surface area contributed by atoms with Crippen molar-refractivity contribution >= 4 is 5.69 Å².